The maximum atomic E-state index is 12.9. The van der Waals surface area contributed by atoms with Crippen LogP contribution in [0.2, 0.25) is 0 Å². The molecule has 23 heavy (non-hydrogen) atoms. The van der Waals surface area contributed by atoms with Gasteiger partial charge in [-0.15, -0.1) is 10.2 Å². The van der Waals surface area contributed by atoms with Crippen LogP contribution in [0, 0.1) is 5.82 Å². The van der Waals surface area contributed by atoms with Gasteiger partial charge in [0.05, 0.1) is 11.9 Å². The molecule has 0 radical (unpaired) electrons. The Balaban J connectivity index is 1.47. The number of ether oxygens (including phenoxy) is 1. The van der Waals surface area contributed by atoms with Crippen LogP contribution in [0.15, 0.2) is 33.9 Å². The zero-order valence-electron chi connectivity index (χ0n) is 12.3. The van der Waals surface area contributed by atoms with Crippen molar-refractivity contribution in [2.75, 3.05) is 18.9 Å². The number of thioether (sulfide) groups is 1. The molecule has 1 amide bonds. The van der Waals surface area contributed by atoms with Crippen LogP contribution in [-0.4, -0.2) is 41.1 Å². The molecule has 6 nitrogen and oxygen atoms in total. The van der Waals surface area contributed by atoms with Crippen molar-refractivity contribution in [2.24, 2.45) is 0 Å². The summed E-state index contributed by atoms with van der Waals surface area (Å²) >= 11 is 1.16. The summed E-state index contributed by atoms with van der Waals surface area (Å²) in [5.41, 5.74) is 0.633. The van der Waals surface area contributed by atoms with Crippen molar-refractivity contribution in [1.29, 1.82) is 0 Å². The van der Waals surface area contributed by atoms with Gasteiger partial charge in [0.1, 0.15) is 5.82 Å². The van der Waals surface area contributed by atoms with E-state index in [1.807, 2.05) is 0 Å². The molecule has 122 valence electrons. The molecule has 0 saturated carbocycles. The molecule has 2 aromatic rings. The lowest BCUT2D eigenvalue weighted by Gasteiger charge is -2.09. The van der Waals surface area contributed by atoms with Crippen LogP contribution >= 0.6 is 11.8 Å². The summed E-state index contributed by atoms with van der Waals surface area (Å²) in [6.45, 7) is 1.30. The van der Waals surface area contributed by atoms with E-state index in [-0.39, 0.29) is 23.6 Å². The minimum Gasteiger partial charge on any atom is -0.411 e. The number of amides is 1. The first kappa shape index (κ1) is 15.9. The van der Waals surface area contributed by atoms with Gasteiger partial charge in [-0.05, 0) is 37.1 Å². The Morgan fingerprint density at radius 3 is 2.91 bits per heavy atom. The average Bonchev–Trinajstić information content (AvgIpc) is 3.23. The maximum absolute atomic E-state index is 12.9. The second-order valence-corrected chi connectivity index (χ2v) is 6.03. The Bertz CT molecular complexity index is 656. The van der Waals surface area contributed by atoms with Gasteiger partial charge in [-0.3, -0.25) is 4.79 Å². The van der Waals surface area contributed by atoms with E-state index in [2.05, 4.69) is 15.5 Å². The highest BCUT2D eigenvalue weighted by Gasteiger charge is 2.17. The first-order valence-corrected chi connectivity index (χ1v) is 8.30. The van der Waals surface area contributed by atoms with E-state index in [1.165, 1.54) is 12.1 Å². The summed E-state index contributed by atoms with van der Waals surface area (Å²) in [7, 11) is 0. The first-order chi connectivity index (χ1) is 11.2. The van der Waals surface area contributed by atoms with E-state index in [1.54, 1.807) is 12.1 Å². The molecule has 1 aromatic carbocycles. The number of aromatic nitrogens is 2. The lowest BCUT2D eigenvalue weighted by Crippen LogP contribution is -2.32. The van der Waals surface area contributed by atoms with Crippen molar-refractivity contribution in [3.63, 3.8) is 0 Å². The molecule has 3 rings (SSSR count). The molecule has 1 saturated heterocycles. The van der Waals surface area contributed by atoms with Gasteiger partial charge in [-0.1, -0.05) is 11.8 Å². The molecule has 1 atom stereocenters. The summed E-state index contributed by atoms with van der Waals surface area (Å²) in [5.74, 6) is 0.0580. The van der Waals surface area contributed by atoms with Crippen LogP contribution in [0.4, 0.5) is 4.39 Å². The van der Waals surface area contributed by atoms with Crippen molar-refractivity contribution in [1.82, 2.24) is 15.5 Å². The number of hydrogen-bond acceptors (Lipinski definition) is 6. The molecule has 0 aliphatic carbocycles. The lowest BCUT2D eigenvalue weighted by molar-refractivity contribution is -0.119. The predicted molar refractivity (Wildman–Crippen MR) is 82.4 cm³/mol. The van der Waals surface area contributed by atoms with Gasteiger partial charge in [-0.25, -0.2) is 4.39 Å². The number of benzene rings is 1. The minimum absolute atomic E-state index is 0.105. The number of carbonyl (C=O) groups excluding carboxylic acids is 1. The summed E-state index contributed by atoms with van der Waals surface area (Å²) in [6.07, 6.45) is 2.15. The molecule has 0 spiro atoms. The molecule has 0 bridgehead atoms. The summed E-state index contributed by atoms with van der Waals surface area (Å²) in [6, 6.07) is 5.77. The van der Waals surface area contributed by atoms with E-state index in [4.69, 9.17) is 9.15 Å². The van der Waals surface area contributed by atoms with E-state index >= 15 is 0 Å². The molecule has 1 aromatic heterocycles. The fraction of sp³-hybridized carbons (Fsp3) is 0.400. The second kappa shape index (κ2) is 7.56. The quantitative estimate of drug-likeness (QED) is 0.815. The Hall–Kier alpha value is -1.93. The molecule has 1 fully saturated rings. The van der Waals surface area contributed by atoms with Crippen LogP contribution < -0.4 is 5.32 Å². The SMILES string of the molecule is O=C(CSc1nnc(-c2ccc(F)cc2)o1)NC[C@H]1CCCO1. The van der Waals surface area contributed by atoms with Gasteiger partial charge in [0.15, 0.2) is 0 Å². The Morgan fingerprint density at radius 2 is 2.17 bits per heavy atom. The second-order valence-electron chi connectivity index (χ2n) is 5.11. The minimum atomic E-state index is -0.328. The van der Waals surface area contributed by atoms with Gasteiger partial charge >= 0.3 is 0 Å². The number of hydrogen-bond donors (Lipinski definition) is 1. The number of halogens is 1. The van der Waals surface area contributed by atoms with Crippen LogP contribution in [0.1, 0.15) is 12.8 Å². The fourth-order valence-corrected chi connectivity index (χ4v) is 2.78. The van der Waals surface area contributed by atoms with Crippen LogP contribution in [0.5, 0.6) is 0 Å². The number of carbonyl (C=O) groups is 1. The molecule has 8 heteroatoms. The monoisotopic (exact) mass is 337 g/mol. The highest BCUT2D eigenvalue weighted by atomic mass is 32.2. The Morgan fingerprint density at radius 1 is 1.35 bits per heavy atom. The van der Waals surface area contributed by atoms with E-state index in [0.29, 0.717) is 23.2 Å². The topological polar surface area (TPSA) is 77.2 Å². The predicted octanol–water partition coefficient (Wildman–Crippen LogP) is 2.26. The third kappa shape index (κ3) is 4.52. The maximum Gasteiger partial charge on any atom is 0.277 e. The van der Waals surface area contributed by atoms with Gasteiger partial charge < -0.3 is 14.5 Å². The summed E-state index contributed by atoms with van der Waals surface area (Å²) in [5, 5.41) is 10.9. The van der Waals surface area contributed by atoms with Crippen molar-refractivity contribution in [3.05, 3.63) is 30.1 Å². The number of nitrogens with zero attached hydrogens (tertiary/aromatic N) is 2. The number of rotatable bonds is 6. The molecule has 1 aliphatic heterocycles. The van der Waals surface area contributed by atoms with Crippen molar-refractivity contribution in [2.45, 2.75) is 24.2 Å². The van der Waals surface area contributed by atoms with Crippen LogP contribution in [0.3, 0.4) is 0 Å². The first-order valence-electron chi connectivity index (χ1n) is 7.31. The number of nitrogens with one attached hydrogen (secondary N) is 1. The Labute approximate surface area is 136 Å². The highest BCUT2D eigenvalue weighted by Crippen LogP contribution is 2.23. The molecular weight excluding hydrogens is 321 g/mol. The zero-order chi connectivity index (χ0) is 16.1. The normalized spacial score (nSPS) is 17.3. The largest absolute Gasteiger partial charge is 0.411 e. The summed E-state index contributed by atoms with van der Waals surface area (Å²) in [4.78, 5) is 11.8. The van der Waals surface area contributed by atoms with E-state index < -0.39 is 0 Å². The van der Waals surface area contributed by atoms with Crippen LogP contribution in [0.25, 0.3) is 11.5 Å². The third-order valence-corrected chi connectivity index (χ3v) is 4.19. The smallest absolute Gasteiger partial charge is 0.277 e. The van der Waals surface area contributed by atoms with Crippen molar-refractivity contribution >= 4 is 17.7 Å². The molecule has 2 heterocycles. The highest BCUT2D eigenvalue weighted by molar-refractivity contribution is 7.99. The van der Waals surface area contributed by atoms with Gasteiger partial charge in [-0.2, -0.15) is 0 Å². The molecular formula is C15H16FN3O3S. The van der Waals surface area contributed by atoms with Crippen molar-refractivity contribution in [3.8, 4) is 11.5 Å². The zero-order valence-corrected chi connectivity index (χ0v) is 13.1. The van der Waals surface area contributed by atoms with Gasteiger partial charge in [0.2, 0.25) is 11.8 Å². The Kier molecular flexibility index (Phi) is 5.24. The molecule has 1 aliphatic rings. The average molecular weight is 337 g/mol. The molecule has 0 unspecified atom stereocenters. The molecule has 1 N–H and O–H groups in total. The standard InChI is InChI=1S/C15H16FN3O3S/c16-11-5-3-10(4-6-11)14-18-19-15(22-14)23-9-13(20)17-8-12-2-1-7-21-12/h3-6,12H,1-2,7-9H2,(H,17,20)/t12-/m1/s1. The fourth-order valence-electron chi connectivity index (χ4n) is 2.19. The lowest BCUT2D eigenvalue weighted by atomic mass is 10.2. The van der Waals surface area contributed by atoms with Gasteiger partial charge in [0, 0.05) is 18.7 Å². The van der Waals surface area contributed by atoms with E-state index in [0.717, 1.165) is 31.2 Å². The summed E-state index contributed by atoms with van der Waals surface area (Å²) < 4.78 is 23.8. The van der Waals surface area contributed by atoms with Crippen molar-refractivity contribution < 1.29 is 18.3 Å². The van der Waals surface area contributed by atoms with Gasteiger partial charge in [0.25, 0.3) is 5.22 Å². The van der Waals surface area contributed by atoms with E-state index in [9.17, 15) is 9.18 Å². The third-order valence-electron chi connectivity index (χ3n) is 3.38. The van der Waals surface area contributed by atoms with Crippen LogP contribution in [-0.2, 0) is 9.53 Å².